The highest BCUT2D eigenvalue weighted by Gasteiger charge is 2.18. The molecule has 0 aliphatic heterocycles. The fraction of sp³-hybridized carbons (Fsp3) is 0.105. The van der Waals surface area contributed by atoms with Crippen LogP contribution >= 0.6 is 11.3 Å². The van der Waals surface area contributed by atoms with Crippen LogP contribution in [-0.2, 0) is 4.79 Å². The van der Waals surface area contributed by atoms with Crippen molar-refractivity contribution < 1.29 is 4.79 Å². The number of hydrogen-bond donors (Lipinski definition) is 2. The van der Waals surface area contributed by atoms with Gasteiger partial charge in [-0.1, -0.05) is 48.5 Å². The van der Waals surface area contributed by atoms with Gasteiger partial charge in [-0.05, 0) is 34.7 Å². The second-order valence-electron chi connectivity index (χ2n) is 5.25. The Kier molecular flexibility index (Phi) is 4.86. The number of benzene rings is 2. The maximum atomic E-state index is 12.6. The van der Waals surface area contributed by atoms with Gasteiger partial charge in [0.15, 0.2) is 0 Å². The van der Waals surface area contributed by atoms with Gasteiger partial charge in [0.25, 0.3) is 0 Å². The van der Waals surface area contributed by atoms with Crippen molar-refractivity contribution in [1.29, 1.82) is 0 Å². The number of carbonyl (C=O) groups excluding carboxylic acids is 1. The van der Waals surface area contributed by atoms with E-state index < -0.39 is 0 Å². The number of anilines is 1. The molecule has 3 N–H and O–H groups in total. The van der Waals surface area contributed by atoms with E-state index in [0.29, 0.717) is 0 Å². The number of carbonyl (C=O) groups is 1. The minimum absolute atomic E-state index is 0.0815. The van der Waals surface area contributed by atoms with Gasteiger partial charge in [-0.25, -0.2) is 0 Å². The lowest BCUT2D eigenvalue weighted by Crippen LogP contribution is -2.27. The summed E-state index contributed by atoms with van der Waals surface area (Å²) >= 11 is 1.68. The van der Waals surface area contributed by atoms with Crippen molar-refractivity contribution in [1.82, 2.24) is 0 Å². The summed E-state index contributed by atoms with van der Waals surface area (Å²) in [4.78, 5) is 13.7. The lowest BCUT2D eigenvalue weighted by Gasteiger charge is -2.15. The average molecular weight is 322 g/mol. The molecule has 1 atom stereocenters. The lowest BCUT2D eigenvalue weighted by atomic mass is 9.98. The molecule has 116 valence electrons. The molecule has 1 unspecified atom stereocenters. The molecule has 2 aromatic carbocycles. The number of thiophene rings is 1. The van der Waals surface area contributed by atoms with Gasteiger partial charge in [0.2, 0.25) is 5.91 Å². The molecule has 3 aromatic rings. The SMILES string of the molecule is NCC(C(=O)Nc1cccc(-c2cccs2)c1)c1ccccc1. The Morgan fingerprint density at radius 3 is 2.57 bits per heavy atom. The average Bonchev–Trinajstić information content (AvgIpc) is 3.11. The molecule has 0 bridgehead atoms. The second-order valence-corrected chi connectivity index (χ2v) is 6.19. The summed E-state index contributed by atoms with van der Waals surface area (Å²) in [5.41, 5.74) is 8.63. The molecule has 0 spiro atoms. The summed E-state index contributed by atoms with van der Waals surface area (Å²) in [6.45, 7) is 0.278. The van der Waals surface area contributed by atoms with Crippen molar-refractivity contribution in [2.45, 2.75) is 5.92 Å². The number of nitrogens with one attached hydrogen (secondary N) is 1. The standard InChI is InChI=1S/C19H18N2OS/c20-13-17(14-6-2-1-3-7-14)19(22)21-16-9-4-8-15(12-16)18-10-5-11-23-18/h1-12,17H,13,20H2,(H,21,22). The quantitative estimate of drug-likeness (QED) is 0.743. The van der Waals surface area contributed by atoms with E-state index in [0.717, 1.165) is 16.8 Å². The van der Waals surface area contributed by atoms with Crippen molar-refractivity contribution in [3.63, 3.8) is 0 Å². The fourth-order valence-electron chi connectivity index (χ4n) is 2.50. The summed E-state index contributed by atoms with van der Waals surface area (Å²) in [5, 5.41) is 5.02. The highest BCUT2D eigenvalue weighted by molar-refractivity contribution is 7.13. The van der Waals surface area contributed by atoms with Crippen LogP contribution in [0.4, 0.5) is 5.69 Å². The number of rotatable bonds is 5. The third kappa shape index (κ3) is 3.67. The van der Waals surface area contributed by atoms with Gasteiger partial charge >= 0.3 is 0 Å². The van der Waals surface area contributed by atoms with Gasteiger partial charge in [-0.15, -0.1) is 11.3 Å². The van der Waals surface area contributed by atoms with Gasteiger partial charge in [-0.2, -0.15) is 0 Å². The molecule has 1 aromatic heterocycles. The predicted octanol–water partition coefficient (Wildman–Crippen LogP) is 4.10. The third-order valence-electron chi connectivity index (χ3n) is 3.69. The van der Waals surface area contributed by atoms with E-state index in [-0.39, 0.29) is 18.4 Å². The maximum absolute atomic E-state index is 12.6. The van der Waals surface area contributed by atoms with Crippen LogP contribution in [0.2, 0.25) is 0 Å². The molecular formula is C19H18N2OS. The van der Waals surface area contributed by atoms with Crippen LogP contribution in [0.3, 0.4) is 0 Å². The summed E-state index contributed by atoms with van der Waals surface area (Å²) in [7, 11) is 0. The van der Waals surface area contributed by atoms with E-state index in [1.807, 2.05) is 66.0 Å². The number of hydrogen-bond acceptors (Lipinski definition) is 3. The fourth-order valence-corrected chi connectivity index (χ4v) is 3.23. The van der Waals surface area contributed by atoms with Crippen LogP contribution in [0.15, 0.2) is 72.1 Å². The van der Waals surface area contributed by atoms with Gasteiger partial charge in [-0.3, -0.25) is 4.79 Å². The van der Waals surface area contributed by atoms with Crippen molar-refractivity contribution in [2.24, 2.45) is 5.73 Å². The first-order valence-corrected chi connectivity index (χ1v) is 8.35. The molecule has 1 heterocycles. The van der Waals surface area contributed by atoms with E-state index in [1.165, 1.54) is 4.88 Å². The molecule has 1 amide bonds. The van der Waals surface area contributed by atoms with Crippen LogP contribution in [0.5, 0.6) is 0 Å². The van der Waals surface area contributed by atoms with Crippen LogP contribution in [0, 0.1) is 0 Å². The molecule has 0 aliphatic rings. The van der Waals surface area contributed by atoms with E-state index >= 15 is 0 Å². The Labute approximate surface area is 139 Å². The zero-order valence-corrected chi connectivity index (χ0v) is 13.4. The molecule has 0 aliphatic carbocycles. The summed E-state index contributed by atoms with van der Waals surface area (Å²) in [6, 6.07) is 21.6. The van der Waals surface area contributed by atoms with Crippen molar-refractivity contribution in [3.05, 3.63) is 77.7 Å². The zero-order chi connectivity index (χ0) is 16.1. The Morgan fingerprint density at radius 2 is 1.87 bits per heavy atom. The topological polar surface area (TPSA) is 55.1 Å². The summed E-state index contributed by atoms with van der Waals surface area (Å²) in [6.07, 6.45) is 0. The molecule has 0 saturated carbocycles. The minimum Gasteiger partial charge on any atom is -0.329 e. The number of nitrogens with two attached hydrogens (primary N) is 1. The maximum Gasteiger partial charge on any atom is 0.233 e. The molecular weight excluding hydrogens is 304 g/mol. The summed E-state index contributed by atoms with van der Waals surface area (Å²) in [5.74, 6) is -0.427. The highest BCUT2D eigenvalue weighted by atomic mass is 32.1. The first-order valence-electron chi connectivity index (χ1n) is 7.48. The van der Waals surface area contributed by atoms with E-state index in [2.05, 4.69) is 11.4 Å². The Balaban J connectivity index is 1.78. The van der Waals surface area contributed by atoms with Gasteiger partial charge in [0, 0.05) is 17.1 Å². The minimum atomic E-state index is -0.346. The summed E-state index contributed by atoms with van der Waals surface area (Å²) < 4.78 is 0. The van der Waals surface area contributed by atoms with E-state index in [9.17, 15) is 4.79 Å². The van der Waals surface area contributed by atoms with Crippen LogP contribution < -0.4 is 11.1 Å². The normalized spacial score (nSPS) is 11.9. The predicted molar refractivity (Wildman–Crippen MR) is 96.6 cm³/mol. The lowest BCUT2D eigenvalue weighted by molar-refractivity contribution is -0.117. The molecule has 3 nitrogen and oxygen atoms in total. The zero-order valence-electron chi connectivity index (χ0n) is 12.6. The highest BCUT2D eigenvalue weighted by Crippen LogP contribution is 2.27. The van der Waals surface area contributed by atoms with Gasteiger partial charge in [0.05, 0.1) is 5.92 Å². The number of amides is 1. The molecule has 23 heavy (non-hydrogen) atoms. The van der Waals surface area contributed by atoms with Crippen molar-refractivity contribution in [3.8, 4) is 10.4 Å². The smallest absolute Gasteiger partial charge is 0.233 e. The monoisotopic (exact) mass is 322 g/mol. The van der Waals surface area contributed by atoms with Crippen molar-refractivity contribution in [2.75, 3.05) is 11.9 Å². The second kappa shape index (κ2) is 7.22. The largest absolute Gasteiger partial charge is 0.329 e. The van der Waals surface area contributed by atoms with Gasteiger partial charge in [0.1, 0.15) is 0 Å². The first kappa shape index (κ1) is 15.5. The molecule has 4 heteroatoms. The van der Waals surface area contributed by atoms with Crippen LogP contribution in [0.25, 0.3) is 10.4 Å². The Hall–Kier alpha value is -2.43. The third-order valence-corrected chi connectivity index (χ3v) is 4.61. The van der Waals surface area contributed by atoms with Crippen molar-refractivity contribution >= 4 is 22.9 Å². The molecule has 0 saturated heterocycles. The molecule has 0 fully saturated rings. The Morgan fingerprint density at radius 1 is 1.04 bits per heavy atom. The Bertz CT molecular complexity index is 769. The van der Waals surface area contributed by atoms with Gasteiger partial charge < -0.3 is 11.1 Å². The van der Waals surface area contributed by atoms with E-state index in [4.69, 9.17) is 5.73 Å². The molecule has 0 radical (unpaired) electrons. The first-order chi connectivity index (χ1) is 11.3. The van der Waals surface area contributed by atoms with Crippen LogP contribution in [0.1, 0.15) is 11.5 Å². The van der Waals surface area contributed by atoms with E-state index in [1.54, 1.807) is 11.3 Å². The molecule has 3 rings (SSSR count). The van der Waals surface area contributed by atoms with Crippen LogP contribution in [-0.4, -0.2) is 12.5 Å².